The van der Waals surface area contributed by atoms with Crippen LogP contribution >= 0.6 is 38.6 Å². The van der Waals surface area contributed by atoms with E-state index in [4.69, 9.17) is 4.74 Å². The molecule has 1 aliphatic heterocycles. The molecule has 146 valence electrons. The van der Waals surface area contributed by atoms with Crippen molar-refractivity contribution in [3.8, 4) is 15.6 Å². The number of rotatable bonds is 6. The van der Waals surface area contributed by atoms with Crippen molar-refractivity contribution < 1.29 is 9.53 Å². The zero-order chi connectivity index (χ0) is 19.5. The normalized spacial score (nSPS) is 16.5. The fourth-order valence-electron chi connectivity index (χ4n) is 3.63. The van der Waals surface area contributed by atoms with Crippen LogP contribution in [0.25, 0.3) is 9.88 Å². The first kappa shape index (κ1) is 19.6. The Kier molecular flexibility index (Phi) is 6.13. The molecular formula is C21H21BrN2O2S2. The van der Waals surface area contributed by atoms with Crippen molar-refractivity contribution in [2.45, 2.75) is 31.7 Å². The van der Waals surface area contributed by atoms with Crippen LogP contribution in [0.3, 0.4) is 0 Å². The van der Waals surface area contributed by atoms with Gasteiger partial charge in [-0.25, -0.2) is 4.98 Å². The maximum atomic E-state index is 12.9. The van der Waals surface area contributed by atoms with Gasteiger partial charge in [0.25, 0.3) is 0 Å². The minimum Gasteiger partial charge on any atom is -0.497 e. The fraction of sp³-hybridized carbons (Fsp3) is 0.333. The van der Waals surface area contributed by atoms with Gasteiger partial charge in [-0.3, -0.25) is 4.79 Å². The summed E-state index contributed by atoms with van der Waals surface area (Å²) in [6, 6.07) is 10.5. The van der Waals surface area contributed by atoms with Crippen molar-refractivity contribution in [3.05, 3.63) is 56.8 Å². The number of likely N-dealkylation sites (tertiary alicyclic amines) is 1. The first-order chi connectivity index (χ1) is 13.6. The van der Waals surface area contributed by atoms with Gasteiger partial charge in [0.05, 0.1) is 24.1 Å². The van der Waals surface area contributed by atoms with Gasteiger partial charge < -0.3 is 9.64 Å². The highest BCUT2D eigenvalue weighted by atomic mass is 79.9. The third-order valence-electron chi connectivity index (χ3n) is 4.97. The Morgan fingerprint density at radius 2 is 2.21 bits per heavy atom. The van der Waals surface area contributed by atoms with Crippen LogP contribution in [0.5, 0.6) is 5.75 Å². The number of benzene rings is 1. The molecule has 1 saturated heterocycles. The van der Waals surface area contributed by atoms with E-state index in [-0.39, 0.29) is 11.9 Å². The zero-order valence-corrected chi connectivity index (χ0v) is 18.8. The van der Waals surface area contributed by atoms with Crippen LogP contribution in [0, 0.1) is 0 Å². The fourth-order valence-corrected chi connectivity index (χ4v) is 5.96. The molecule has 0 radical (unpaired) electrons. The Balaban J connectivity index is 1.41. The molecule has 0 saturated carbocycles. The maximum Gasteiger partial charge on any atom is 0.228 e. The Bertz CT molecular complexity index is 969. The third-order valence-corrected chi connectivity index (χ3v) is 7.72. The van der Waals surface area contributed by atoms with Crippen LogP contribution in [-0.2, 0) is 17.6 Å². The summed E-state index contributed by atoms with van der Waals surface area (Å²) in [5.41, 5.74) is 2.07. The molecule has 1 atom stereocenters. The molecule has 28 heavy (non-hydrogen) atoms. The standard InChI is InChI=1S/C21H21BrN2O2S2/c1-26-18-6-2-4-14(9-18)8-17-5-3-7-24(17)20(25)11-16-13-28-21(23-16)19-10-15(22)12-27-19/h2,4,6,9-10,12-13,17H,3,5,7-8,11H2,1H3. The molecule has 1 amide bonds. The molecule has 2 aromatic heterocycles. The van der Waals surface area contributed by atoms with E-state index in [2.05, 4.69) is 44.5 Å². The van der Waals surface area contributed by atoms with Crippen molar-refractivity contribution in [3.63, 3.8) is 0 Å². The zero-order valence-electron chi connectivity index (χ0n) is 15.6. The molecule has 0 spiro atoms. The molecule has 1 aliphatic rings. The summed E-state index contributed by atoms with van der Waals surface area (Å²) < 4.78 is 6.39. The van der Waals surface area contributed by atoms with Gasteiger partial charge >= 0.3 is 0 Å². The summed E-state index contributed by atoms with van der Waals surface area (Å²) in [5, 5.41) is 5.04. The van der Waals surface area contributed by atoms with Gasteiger partial charge in [0.1, 0.15) is 10.8 Å². The van der Waals surface area contributed by atoms with E-state index in [0.717, 1.165) is 51.6 Å². The first-order valence-corrected chi connectivity index (χ1v) is 11.8. The number of hydrogen-bond acceptors (Lipinski definition) is 5. The van der Waals surface area contributed by atoms with E-state index >= 15 is 0 Å². The second-order valence-electron chi connectivity index (χ2n) is 6.89. The van der Waals surface area contributed by atoms with Crippen LogP contribution < -0.4 is 4.74 Å². The lowest BCUT2D eigenvalue weighted by Gasteiger charge is -2.25. The van der Waals surface area contributed by atoms with Crippen molar-refractivity contribution in [1.29, 1.82) is 0 Å². The molecule has 4 rings (SSSR count). The highest BCUT2D eigenvalue weighted by molar-refractivity contribution is 9.10. The summed E-state index contributed by atoms with van der Waals surface area (Å²) in [5.74, 6) is 1.04. The number of halogens is 1. The smallest absolute Gasteiger partial charge is 0.228 e. The van der Waals surface area contributed by atoms with E-state index in [0.29, 0.717) is 6.42 Å². The first-order valence-electron chi connectivity index (χ1n) is 9.23. The number of nitrogens with zero attached hydrogens (tertiary/aromatic N) is 2. The van der Waals surface area contributed by atoms with Crippen molar-refractivity contribution >= 4 is 44.5 Å². The molecule has 1 fully saturated rings. The molecule has 1 aromatic carbocycles. The number of carbonyl (C=O) groups excluding carboxylic acids is 1. The number of carbonyl (C=O) groups is 1. The van der Waals surface area contributed by atoms with Gasteiger partial charge in [0, 0.05) is 27.8 Å². The van der Waals surface area contributed by atoms with Crippen molar-refractivity contribution in [1.82, 2.24) is 9.88 Å². The average Bonchev–Trinajstić information content (AvgIpc) is 3.43. The second-order valence-corrected chi connectivity index (χ2v) is 9.57. The van der Waals surface area contributed by atoms with Gasteiger partial charge in [-0.05, 0) is 59.0 Å². The van der Waals surface area contributed by atoms with E-state index < -0.39 is 0 Å². The largest absolute Gasteiger partial charge is 0.497 e. The number of aromatic nitrogens is 1. The van der Waals surface area contributed by atoms with Crippen LogP contribution in [0.15, 0.2) is 45.6 Å². The van der Waals surface area contributed by atoms with Gasteiger partial charge in [-0.15, -0.1) is 22.7 Å². The predicted molar refractivity (Wildman–Crippen MR) is 118 cm³/mol. The lowest BCUT2D eigenvalue weighted by atomic mass is 10.0. The molecule has 4 nitrogen and oxygen atoms in total. The van der Waals surface area contributed by atoms with Gasteiger partial charge in [0.2, 0.25) is 5.91 Å². The maximum absolute atomic E-state index is 12.9. The quantitative estimate of drug-likeness (QED) is 0.476. The van der Waals surface area contributed by atoms with E-state index in [1.165, 1.54) is 5.56 Å². The lowest BCUT2D eigenvalue weighted by Crippen LogP contribution is -2.37. The van der Waals surface area contributed by atoms with Crippen molar-refractivity contribution in [2.75, 3.05) is 13.7 Å². The Morgan fingerprint density at radius 1 is 1.32 bits per heavy atom. The van der Waals surface area contributed by atoms with Crippen molar-refractivity contribution in [2.24, 2.45) is 0 Å². The number of hydrogen-bond donors (Lipinski definition) is 0. The van der Waals surface area contributed by atoms with E-state index in [9.17, 15) is 4.79 Å². The van der Waals surface area contributed by atoms with E-state index in [1.807, 2.05) is 22.4 Å². The second kappa shape index (κ2) is 8.76. The topological polar surface area (TPSA) is 42.4 Å². The number of amides is 1. The molecule has 1 unspecified atom stereocenters. The molecule has 7 heteroatoms. The SMILES string of the molecule is COc1cccc(CC2CCCN2C(=O)Cc2csc(-c3cc(Br)cs3)n2)c1. The van der Waals surface area contributed by atoms with Crippen LogP contribution in [0.2, 0.25) is 0 Å². The molecule has 0 N–H and O–H groups in total. The molecule has 3 aromatic rings. The van der Waals surface area contributed by atoms with Crippen LogP contribution in [-0.4, -0.2) is 35.5 Å². The number of ether oxygens (including phenoxy) is 1. The number of methoxy groups -OCH3 is 1. The number of thiophene rings is 1. The monoisotopic (exact) mass is 476 g/mol. The highest BCUT2D eigenvalue weighted by Crippen LogP contribution is 2.32. The third kappa shape index (κ3) is 4.47. The minimum absolute atomic E-state index is 0.176. The van der Waals surface area contributed by atoms with Gasteiger partial charge in [-0.2, -0.15) is 0 Å². The Hall–Kier alpha value is -1.70. The molecule has 3 heterocycles. The summed E-state index contributed by atoms with van der Waals surface area (Å²) in [6.45, 7) is 0.836. The molecule has 0 aliphatic carbocycles. The van der Waals surface area contributed by atoms with E-state index in [1.54, 1.807) is 29.8 Å². The molecular weight excluding hydrogens is 456 g/mol. The van der Waals surface area contributed by atoms with Gasteiger partial charge in [0.15, 0.2) is 0 Å². The van der Waals surface area contributed by atoms with Crippen LogP contribution in [0.4, 0.5) is 0 Å². The molecule has 0 bridgehead atoms. The predicted octanol–water partition coefficient (Wildman–Crippen LogP) is 5.42. The summed E-state index contributed by atoms with van der Waals surface area (Å²) in [7, 11) is 1.68. The summed E-state index contributed by atoms with van der Waals surface area (Å²) in [4.78, 5) is 20.8. The Morgan fingerprint density at radius 3 is 3.00 bits per heavy atom. The van der Waals surface area contributed by atoms with Gasteiger partial charge in [-0.1, -0.05) is 12.1 Å². The average molecular weight is 477 g/mol. The number of thiazole rings is 1. The summed E-state index contributed by atoms with van der Waals surface area (Å²) in [6.07, 6.45) is 3.35. The lowest BCUT2D eigenvalue weighted by molar-refractivity contribution is -0.131. The summed E-state index contributed by atoms with van der Waals surface area (Å²) >= 11 is 6.74. The Labute approximate surface area is 181 Å². The minimum atomic E-state index is 0.176. The van der Waals surface area contributed by atoms with Crippen LogP contribution in [0.1, 0.15) is 24.1 Å². The highest BCUT2D eigenvalue weighted by Gasteiger charge is 2.29.